The summed E-state index contributed by atoms with van der Waals surface area (Å²) in [4.78, 5) is 24.9. The lowest BCUT2D eigenvalue weighted by Crippen LogP contribution is -2.25. The highest BCUT2D eigenvalue weighted by molar-refractivity contribution is 5.64. The van der Waals surface area contributed by atoms with E-state index in [2.05, 4.69) is 10.3 Å². The number of hydrogen-bond acceptors (Lipinski definition) is 2. The maximum atomic E-state index is 11.8. The van der Waals surface area contributed by atoms with Crippen molar-refractivity contribution in [3.8, 4) is 0 Å². The molecule has 5 heteroatoms. The number of carboxylic acid groups (broad SMARTS) is 1. The lowest BCUT2D eigenvalue weighted by Gasteiger charge is -2.04. The number of carbonyl (C=O) groups is 1. The zero-order valence-corrected chi connectivity index (χ0v) is 10.2. The zero-order valence-electron chi connectivity index (χ0n) is 10.2. The van der Waals surface area contributed by atoms with Crippen molar-refractivity contribution in [1.82, 2.24) is 10.3 Å². The maximum absolute atomic E-state index is 11.8. The van der Waals surface area contributed by atoms with Crippen LogP contribution in [0.1, 0.15) is 16.8 Å². The predicted molar refractivity (Wildman–Crippen MR) is 71.2 cm³/mol. The average molecular weight is 258 g/mol. The Labute approximate surface area is 109 Å². The standard InChI is InChI=1S/C14H14N2O3/c17-13-11(9-15-14(18)19)6-7-12(16-13)8-10-4-2-1-3-5-10/h1-7,15H,8-9H2,(H,16,17)(H,18,19). The van der Waals surface area contributed by atoms with E-state index in [0.29, 0.717) is 12.0 Å². The quantitative estimate of drug-likeness (QED) is 0.781. The number of H-pyrrole nitrogens is 1. The molecule has 19 heavy (non-hydrogen) atoms. The Morgan fingerprint density at radius 1 is 1.16 bits per heavy atom. The number of benzene rings is 1. The highest BCUT2D eigenvalue weighted by Crippen LogP contribution is 2.06. The van der Waals surface area contributed by atoms with Crippen molar-refractivity contribution in [2.75, 3.05) is 0 Å². The number of nitrogens with one attached hydrogen (secondary N) is 2. The molecular formula is C14H14N2O3. The van der Waals surface area contributed by atoms with E-state index in [4.69, 9.17) is 5.11 Å². The Balaban J connectivity index is 2.11. The van der Waals surface area contributed by atoms with Crippen molar-refractivity contribution < 1.29 is 9.90 Å². The Bertz CT molecular complexity index is 620. The first-order valence-electron chi connectivity index (χ1n) is 5.87. The summed E-state index contributed by atoms with van der Waals surface area (Å²) in [7, 11) is 0. The molecule has 1 aromatic heterocycles. The third kappa shape index (κ3) is 3.70. The molecule has 1 heterocycles. The van der Waals surface area contributed by atoms with Gasteiger partial charge in [0.25, 0.3) is 5.56 Å². The first-order valence-corrected chi connectivity index (χ1v) is 5.87. The monoisotopic (exact) mass is 258 g/mol. The Morgan fingerprint density at radius 2 is 1.89 bits per heavy atom. The van der Waals surface area contributed by atoms with Gasteiger partial charge in [-0.05, 0) is 17.7 Å². The van der Waals surface area contributed by atoms with Crippen molar-refractivity contribution in [3.05, 3.63) is 69.6 Å². The van der Waals surface area contributed by atoms with Gasteiger partial charge in [-0.1, -0.05) is 30.3 Å². The molecule has 0 aliphatic heterocycles. The van der Waals surface area contributed by atoms with Crippen molar-refractivity contribution in [3.63, 3.8) is 0 Å². The molecule has 98 valence electrons. The minimum Gasteiger partial charge on any atom is -0.465 e. The van der Waals surface area contributed by atoms with Crippen molar-refractivity contribution in [2.24, 2.45) is 0 Å². The van der Waals surface area contributed by atoms with Gasteiger partial charge in [-0.2, -0.15) is 0 Å². The molecular weight excluding hydrogens is 244 g/mol. The molecule has 0 saturated heterocycles. The van der Waals surface area contributed by atoms with Crippen molar-refractivity contribution in [2.45, 2.75) is 13.0 Å². The molecule has 0 radical (unpaired) electrons. The van der Waals surface area contributed by atoms with Crippen LogP contribution in [0.2, 0.25) is 0 Å². The molecule has 0 aliphatic carbocycles. The molecule has 1 aromatic carbocycles. The maximum Gasteiger partial charge on any atom is 0.404 e. The van der Waals surface area contributed by atoms with Crippen LogP contribution < -0.4 is 10.9 Å². The zero-order chi connectivity index (χ0) is 13.7. The average Bonchev–Trinajstić information content (AvgIpc) is 2.39. The van der Waals surface area contributed by atoms with E-state index in [1.807, 2.05) is 30.3 Å². The van der Waals surface area contributed by atoms with Crippen LogP contribution in [0.15, 0.2) is 47.3 Å². The van der Waals surface area contributed by atoms with E-state index in [1.54, 1.807) is 12.1 Å². The molecule has 0 saturated carbocycles. The number of pyridine rings is 1. The summed E-state index contributed by atoms with van der Waals surface area (Å²) in [6.07, 6.45) is -0.504. The van der Waals surface area contributed by atoms with E-state index < -0.39 is 6.09 Å². The van der Waals surface area contributed by atoms with E-state index >= 15 is 0 Å². The Morgan fingerprint density at radius 3 is 2.53 bits per heavy atom. The topological polar surface area (TPSA) is 82.2 Å². The summed E-state index contributed by atoms with van der Waals surface area (Å²) < 4.78 is 0. The first-order chi connectivity index (χ1) is 9.15. The van der Waals surface area contributed by atoms with Crippen LogP contribution in [0.3, 0.4) is 0 Å². The van der Waals surface area contributed by atoms with Crippen LogP contribution >= 0.6 is 0 Å². The first kappa shape index (κ1) is 12.9. The fourth-order valence-corrected chi connectivity index (χ4v) is 1.77. The van der Waals surface area contributed by atoms with Gasteiger partial charge in [-0.3, -0.25) is 4.79 Å². The second-order valence-electron chi connectivity index (χ2n) is 4.16. The van der Waals surface area contributed by atoms with Gasteiger partial charge in [0.05, 0.1) is 6.54 Å². The molecule has 5 nitrogen and oxygen atoms in total. The normalized spacial score (nSPS) is 10.1. The van der Waals surface area contributed by atoms with Gasteiger partial charge >= 0.3 is 6.09 Å². The fourth-order valence-electron chi connectivity index (χ4n) is 1.77. The summed E-state index contributed by atoms with van der Waals surface area (Å²) in [5.41, 5.74) is 2.05. The summed E-state index contributed by atoms with van der Waals surface area (Å²) >= 11 is 0. The van der Waals surface area contributed by atoms with Gasteiger partial charge in [-0.25, -0.2) is 4.79 Å². The number of aromatic amines is 1. The van der Waals surface area contributed by atoms with Gasteiger partial charge in [0.15, 0.2) is 0 Å². The SMILES string of the molecule is O=C(O)NCc1ccc(Cc2ccccc2)[nH]c1=O. The summed E-state index contributed by atoms with van der Waals surface area (Å²) in [6.45, 7) is 0.0102. The van der Waals surface area contributed by atoms with E-state index in [1.165, 1.54) is 0 Å². The van der Waals surface area contributed by atoms with Crippen LogP contribution in [-0.2, 0) is 13.0 Å². The molecule has 0 bridgehead atoms. The molecule has 0 aliphatic rings. The van der Waals surface area contributed by atoms with E-state index in [-0.39, 0.29) is 12.1 Å². The van der Waals surface area contributed by atoms with Gasteiger partial charge < -0.3 is 15.4 Å². The minimum absolute atomic E-state index is 0.0102. The van der Waals surface area contributed by atoms with Gasteiger partial charge in [0.1, 0.15) is 0 Å². The minimum atomic E-state index is -1.15. The van der Waals surface area contributed by atoms with E-state index in [9.17, 15) is 9.59 Å². The lowest BCUT2D eigenvalue weighted by molar-refractivity contribution is 0.194. The Hall–Kier alpha value is -2.56. The molecule has 3 N–H and O–H groups in total. The largest absolute Gasteiger partial charge is 0.465 e. The van der Waals surface area contributed by atoms with Gasteiger partial charge in [0.2, 0.25) is 0 Å². The third-order valence-electron chi connectivity index (χ3n) is 2.72. The summed E-state index contributed by atoms with van der Waals surface area (Å²) in [6, 6.07) is 13.2. The molecule has 0 atom stereocenters. The number of hydrogen-bond donors (Lipinski definition) is 3. The Kier molecular flexibility index (Phi) is 3.97. The molecule has 2 rings (SSSR count). The van der Waals surface area contributed by atoms with Crippen LogP contribution in [0.5, 0.6) is 0 Å². The van der Waals surface area contributed by atoms with E-state index in [0.717, 1.165) is 11.3 Å². The molecule has 1 amide bonds. The molecule has 0 unspecified atom stereocenters. The highest BCUT2D eigenvalue weighted by atomic mass is 16.4. The summed E-state index contributed by atoms with van der Waals surface area (Å²) in [5.74, 6) is 0. The fraction of sp³-hybridized carbons (Fsp3) is 0.143. The molecule has 2 aromatic rings. The predicted octanol–water partition coefficient (Wildman–Crippen LogP) is 1.73. The van der Waals surface area contributed by atoms with Crippen molar-refractivity contribution in [1.29, 1.82) is 0 Å². The van der Waals surface area contributed by atoms with Crippen LogP contribution in [-0.4, -0.2) is 16.2 Å². The molecule has 0 spiro atoms. The second-order valence-corrected chi connectivity index (χ2v) is 4.16. The van der Waals surface area contributed by atoms with Crippen molar-refractivity contribution >= 4 is 6.09 Å². The van der Waals surface area contributed by atoms with Crippen LogP contribution in [0, 0.1) is 0 Å². The van der Waals surface area contributed by atoms with Gasteiger partial charge in [0, 0.05) is 17.7 Å². The summed E-state index contributed by atoms with van der Waals surface area (Å²) in [5, 5.41) is 10.7. The van der Waals surface area contributed by atoms with Gasteiger partial charge in [-0.15, -0.1) is 0 Å². The number of rotatable bonds is 4. The highest BCUT2D eigenvalue weighted by Gasteiger charge is 2.03. The number of aromatic nitrogens is 1. The van der Waals surface area contributed by atoms with Crippen LogP contribution in [0.4, 0.5) is 4.79 Å². The second kappa shape index (κ2) is 5.86. The smallest absolute Gasteiger partial charge is 0.404 e. The third-order valence-corrected chi connectivity index (χ3v) is 2.72. The molecule has 0 fully saturated rings. The lowest BCUT2D eigenvalue weighted by atomic mass is 10.1. The van der Waals surface area contributed by atoms with Crippen LogP contribution in [0.25, 0.3) is 0 Å². The number of amides is 1.